The fourth-order valence-electron chi connectivity index (χ4n) is 3.38. The number of rotatable bonds is 4. The molecule has 3 N–H and O–H groups in total. The van der Waals surface area contributed by atoms with E-state index >= 15 is 0 Å². The van der Waals surface area contributed by atoms with Gasteiger partial charge >= 0.3 is 0 Å². The third kappa shape index (κ3) is 2.40. The first-order valence-electron chi connectivity index (χ1n) is 7.59. The second-order valence-electron chi connectivity index (χ2n) is 5.77. The lowest BCUT2D eigenvalue weighted by Gasteiger charge is -2.34. The predicted molar refractivity (Wildman–Crippen MR) is 88.5 cm³/mol. The number of benzene rings is 2. The van der Waals surface area contributed by atoms with Crippen molar-refractivity contribution < 1.29 is 9.84 Å². The Morgan fingerprint density at radius 1 is 1.32 bits per heavy atom. The molecule has 0 bridgehead atoms. The lowest BCUT2D eigenvalue weighted by atomic mass is 10.0. The van der Waals surface area contributed by atoms with Crippen molar-refractivity contribution in [2.45, 2.75) is 25.4 Å². The van der Waals surface area contributed by atoms with Gasteiger partial charge in [0.25, 0.3) is 0 Å². The highest BCUT2D eigenvalue weighted by Crippen LogP contribution is 2.39. The van der Waals surface area contributed by atoms with Crippen molar-refractivity contribution in [1.29, 1.82) is 0 Å². The molecule has 116 valence electrons. The fourth-order valence-corrected chi connectivity index (χ4v) is 3.38. The Balaban J connectivity index is 2.01. The standard InChI is InChI=1S/C18H22N2O2/c1-12-9-13-5-3-4-6-15(13)20(12)16(11-19)14-7-8-17(21)18(10-14)22-2/h3-8,10,12,16,21H,9,11,19H2,1-2H3. The van der Waals surface area contributed by atoms with E-state index in [0.717, 1.165) is 12.0 Å². The molecule has 1 heterocycles. The number of phenolic OH excluding ortho intramolecular Hbond substituents is 1. The molecule has 2 aromatic rings. The van der Waals surface area contributed by atoms with Crippen LogP contribution in [0.1, 0.15) is 24.1 Å². The second kappa shape index (κ2) is 5.89. The van der Waals surface area contributed by atoms with Gasteiger partial charge in [-0.1, -0.05) is 24.3 Å². The Morgan fingerprint density at radius 3 is 2.82 bits per heavy atom. The Morgan fingerprint density at radius 2 is 2.09 bits per heavy atom. The lowest BCUT2D eigenvalue weighted by molar-refractivity contribution is 0.372. The van der Waals surface area contributed by atoms with Gasteiger partial charge in [-0.05, 0) is 42.7 Å². The van der Waals surface area contributed by atoms with Gasteiger partial charge in [-0.2, -0.15) is 0 Å². The molecule has 0 fully saturated rings. The van der Waals surface area contributed by atoms with E-state index in [-0.39, 0.29) is 11.8 Å². The molecular formula is C18H22N2O2. The summed E-state index contributed by atoms with van der Waals surface area (Å²) in [7, 11) is 1.56. The number of nitrogens with zero attached hydrogens (tertiary/aromatic N) is 1. The van der Waals surface area contributed by atoms with Crippen LogP contribution in [-0.2, 0) is 6.42 Å². The van der Waals surface area contributed by atoms with Crippen LogP contribution < -0.4 is 15.4 Å². The van der Waals surface area contributed by atoms with Crippen molar-refractivity contribution in [1.82, 2.24) is 0 Å². The number of hydrogen-bond acceptors (Lipinski definition) is 4. The van der Waals surface area contributed by atoms with Crippen molar-refractivity contribution in [3.05, 3.63) is 53.6 Å². The minimum atomic E-state index is 0.0631. The maximum Gasteiger partial charge on any atom is 0.160 e. The molecule has 2 unspecified atom stereocenters. The molecular weight excluding hydrogens is 276 g/mol. The van der Waals surface area contributed by atoms with Crippen LogP contribution in [0.4, 0.5) is 5.69 Å². The summed E-state index contributed by atoms with van der Waals surface area (Å²) in [5, 5.41) is 9.79. The molecule has 0 saturated heterocycles. The van der Waals surface area contributed by atoms with Gasteiger partial charge in [0.2, 0.25) is 0 Å². The van der Waals surface area contributed by atoms with Crippen LogP contribution in [0.5, 0.6) is 11.5 Å². The van der Waals surface area contributed by atoms with E-state index in [2.05, 4.69) is 36.1 Å². The SMILES string of the molecule is COc1cc(C(CN)N2c3ccccc3CC2C)ccc1O. The molecule has 2 aromatic carbocycles. The van der Waals surface area contributed by atoms with E-state index < -0.39 is 0 Å². The molecule has 0 amide bonds. The average Bonchev–Trinajstić information content (AvgIpc) is 2.86. The summed E-state index contributed by atoms with van der Waals surface area (Å²) in [6, 6.07) is 14.4. The zero-order valence-corrected chi connectivity index (χ0v) is 13.0. The van der Waals surface area contributed by atoms with Crippen LogP contribution in [0.25, 0.3) is 0 Å². The van der Waals surface area contributed by atoms with Gasteiger partial charge in [0.15, 0.2) is 11.5 Å². The van der Waals surface area contributed by atoms with E-state index in [4.69, 9.17) is 10.5 Å². The highest BCUT2D eigenvalue weighted by Gasteiger charge is 2.31. The third-order valence-corrected chi connectivity index (χ3v) is 4.41. The molecule has 4 nitrogen and oxygen atoms in total. The molecule has 0 aromatic heterocycles. The highest BCUT2D eigenvalue weighted by atomic mass is 16.5. The number of methoxy groups -OCH3 is 1. The van der Waals surface area contributed by atoms with Gasteiger partial charge in [-0.3, -0.25) is 0 Å². The largest absolute Gasteiger partial charge is 0.504 e. The maximum absolute atomic E-state index is 9.79. The summed E-state index contributed by atoms with van der Waals surface area (Å²) in [5.41, 5.74) is 9.75. The number of hydrogen-bond donors (Lipinski definition) is 2. The van der Waals surface area contributed by atoms with Crippen LogP contribution >= 0.6 is 0 Å². The van der Waals surface area contributed by atoms with E-state index in [1.165, 1.54) is 11.3 Å². The van der Waals surface area contributed by atoms with Crippen molar-refractivity contribution >= 4 is 5.69 Å². The number of phenols is 1. The Hall–Kier alpha value is -2.20. The predicted octanol–water partition coefficient (Wildman–Crippen LogP) is 2.85. The number of para-hydroxylation sites is 1. The summed E-state index contributed by atoms with van der Waals surface area (Å²) in [6.07, 6.45) is 1.03. The highest BCUT2D eigenvalue weighted by molar-refractivity contribution is 5.61. The van der Waals surface area contributed by atoms with Gasteiger partial charge in [0.1, 0.15) is 0 Å². The fraction of sp³-hybridized carbons (Fsp3) is 0.333. The second-order valence-corrected chi connectivity index (χ2v) is 5.77. The minimum Gasteiger partial charge on any atom is -0.504 e. The van der Waals surface area contributed by atoms with Crippen LogP contribution in [0, 0.1) is 0 Å². The van der Waals surface area contributed by atoms with E-state index in [9.17, 15) is 5.11 Å². The van der Waals surface area contributed by atoms with Crippen LogP contribution in [0.3, 0.4) is 0 Å². The molecule has 1 aliphatic heterocycles. The molecule has 0 aliphatic carbocycles. The summed E-state index contributed by atoms with van der Waals surface area (Å²) >= 11 is 0. The quantitative estimate of drug-likeness (QED) is 0.911. The normalized spacial score (nSPS) is 18.1. The van der Waals surface area contributed by atoms with Gasteiger partial charge in [0.05, 0.1) is 13.2 Å². The minimum absolute atomic E-state index is 0.0631. The van der Waals surface area contributed by atoms with Crippen molar-refractivity contribution in [3.8, 4) is 11.5 Å². The van der Waals surface area contributed by atoms with E-state index in [1.807, 2.05) is 12.1 Å². The molecule has 1 aliphatic rings. The summed E-state index contributed by atoms with van der Waals surface area (Å²) < 4.78 is 5.23. The molecule has 22 heavy (non-hydrogen) atoms. The van der Waals surface area contributed by atoms with Gasteiger partial charge in [-0.25, -0.2) is 0 Å². The zero-order chi connectivity index (χ0) is 15.7. The molecule has 0 saturated carbocycles. The smallest absolute Gasteiger partial charge is 0.160 e. The van der Waals surface area contributed by atoms with Crippen LogP contribution in [0.2, 0.25) is 0 Å². The lowest BCUT2D eigenvalue weighted by Crippen LogP contribution is -2.37. The van der Waals surface area contributed by atoms with Crippen molar-refractivity contribution in [2.24, 2.45) is 5.73 Å². The Labute approximate surface area is 131 Å². The number of anilines is 1. The summed E-state index contributed by atoms with van der Waals surface area (Å²) in [5.74, 6) is 0.632. The summed E-state index contributed by atoms with van der Waals surface area (Å²) in [4.78, 5) is 2.38. The first kappa shape index (κ1) is 14.7. The molecule has 3 rings (SSSR count). The number of nitrogens with two attached hydrogens (primary N) is 1. The molecule has 2 atom stereocenters. The van der Waals surface area contributed by atoms with Crippen molar-refractivity contribution in [3.63, 3.8) is 0 Å². The third-order valence-electron chi connectivity index (χ3n) is 4.41. The monoisotopic (exact) mass is 298 g/mol. The van der Waals surface area contributed by atoms with Crippen LogP contribution in [-0.4, -0.2) is 24.8 Å². The zero-order valence-electron chi connectivity index (χ0n) is 13.0. The number of aromatic hydroxyl groups is 1. The molecule has 4 heteroatoms. The van der Waals surface area contributed by atoms with E-state index in [0.29, 0.717) is 18.3 Å². The van der Waals surface area contributed by atoms with E-state index in [1.54, 1.807) is 13.2 Å². The first-order chi connectivity index (χ1) is 10.7. The van der Waals surface area contributed by atoms with Gasteiger partial charge in [0, 0.05) is 18.3 Å². The van der Waals surface area contributed by atoms with Crippen molar-refractivity contribution in [2.75, 3.05) is 18.6 Å². The Kier molecular flexibility index (Phi) is 3.94. The van der Waals surface area contributed by atoms with Gasteiger partial charge in [-0.15, -0.1) is 0 Å². The van der Waals surface area contributed by atoms with Gasteiger partial charge < -0.3 is 20.5 Å². The number of ether oxygens (including phenoxy) is 1. The first-order valence-corrected chi connectivity index (χ1v) is 7.59. The van der Waals surface area contributed by atoms with Crippen LogP contribution in [0.15, 0.2) is 42.5 Å². The topological polar surface area (TPSA) is 58.7 Å². The summed E-state index contributed by atoms with van der Waals surface area (Å²) in [6.45, 7) is 2.73. The molecule has 0 spiro atoms. The average molecular weight is 298 g/mol. The Bertz CT molecular complexity index is 672. The number of fused-ring (bicyclic) bond motifs is 1. The molecule has 0 radical (unpaired) electrons. The maximum atomic E-state index is 9.79.